The third-order valence-corrected chi connectivity index (χ3v) is 5.12. The second-order valence-corrected chi connectivity index (χ2v) is 7.61. The van der Waals surface area contributed by atoms with Gasteiger partial charge in [-0.2, -0.15) is 5.10 Å². The van der Waals surface area contributed by atoms with Crippen LogP contribution in [0.25, 0.3) is 11.3 Å². The number of methoxy groups -OCH3 is 1. The van der Waals surface area contributed by atoms with Crippen molar-refractivity contribution in [1.82, 2.24) is 9.78 Å². The van der Waals surface area contributed by atoms with Gasteiger partial charge in [0, 0.05) is 23.4 Å². The van der Waals surface area contributed by atoms with Crippen LogP contribution in [0.2, 0.25) is 0 Å². The van der Waals surface area contributed by atoms with Gasteiger partial charge in [-0.1, -0.05) is 30.3 Å². The summed E-state index contributed by atoms with van der Waals surface area (Å²) in [4.78, 5) is 26.1. The van der Waals surface area contributed by atoms with E-state index in [0.717, 1.165) is 16.8 Å². The molecule has 0 bridgehead atoms. The van der Waals surface area contributed by atoms with Crippen molar-refractivity contribution in [2.24, 2.45) is 0 Å². The lowest BCUT2D eigenvalue weighted by Gasteiger charge is -2.17. The van der Waals surface area contributed by atoms with Crippen molar-refractivity contribution in [2.45, 2.75) is 13.0 Å². The van der Waals surface area contributed by atoms with Crippen LogP contribution in [0.3, 0.4) is 0 Å². The van der Waals surface area contributed by atoms with Gasteiger partial charge in [-0.15, -0.1) is 0 Å². The predicted molar refractivity (Wildman–Crippen MR) is 127 cm³/mol. The van der Waals surface area contributed by atoms with Crippen LogP contribution in [0.5, 0.6) is 17.2 Å². The highest BCUT2D eigenvalue weighted by Crippen LogP contribution is 2.26. The van der Waals surface area contributed by atoms with Crippen molar-refractivity contribution < 1.29 is 23.0 Å². The van der Waals surface area contributed by atoms with Crippen LogP contribution < -0.4 is 20.3 Å². The number of anilines is 1. The molecule has 1 amide bonds. The minimum Gasteiger partial charge on any atom is -0.497 e. The Morgan fingerprint density at radius 3 is 2.31 bits per heavy atom. The molecule has 1 aromatic heterocycles. The molecule has 0 aliphatic heterocycles. The van der Waals surface area contributed by atoms with E-state index in [2.05, 4.69) is 10.4 Å². The van der Waals surface area contributed by atoms with Crippen LogP contribution in [-0.2, 0) is 4.79 Å². The van der Waals surface area contributed by atoms with Crippen LogP contribution in [-0.4, -0.2) is 22.8 Å². The van der Waals surface area contributed by atoms with Crippen LogP contribution in [0.4, 0.5) is 14.5 Å². The standard InChI is InChI=1S/C26H21F2N3O4/c1-16(25(32)29-20-13-18(27)12-19(28)14-20)31-26(33)24(35-21-8-4-3-5-9-21)15-23(30-31)17-7-6-10-22(11-17)34-2/h3-16H,1-2H3,(H,29,32). The Kier molecular flexibility index (Phi) is 6.86. The second-order valence-electron chi connectivity index (χ2n) is 7.61. The van der Waals surface area contributed by atoms with Crippen LogP contribution in [0.15, 0.2) is 83.7 Å². The molecule has 9 heteroatoms. The number of halogens is 2. The van der Waals surface area contributed by atoms with E-state index in [1.54, 1.807) is 54.6 Å². The Bertz CT molecular complexity index is 1400. The first kappa shape index (κ1) is 23.6. The van der Waals surface area contributed by atoms with E-state index in [4.69, 9.17) is 9.47 Å². The average molecular weight is 477 g/mol. The summed E-state index contributed by atoms with van der Waals surface area (Å²) in [5.74, 6) is -1.44. The van der Waals surface area contributed by atoms with Gasteiger partial charge in [-0.25, -0.2) is 13.5 Å². The number of hydrogen-bond acceptors (Lipinski definition) is 5. The summed E-state index contributed by atoms with van der Waals surface area (Å²) >= 11 is 0. The molecule has 0 spiro atoms. The molecule has 0 aliphatic carbocycles. The summed E-state index contributed by atoms with van der Waals surface area (Å²) in [5.41, 5.74) is 0.229. The third-order valence-electron chi connectivity index (χ3n) is 5.12. The van der Waals surface area contributed by atoms with Gasteiger partial charge in [0.2, 0.25) is 5.91 Å². The summed E-state index contributed by atoms with van der Waals surface area (Å²) in [6.07, 6.45) is 0. The number of aromatic nitrogens is 2. The number of carbonyl (C=O) groups excluding carboxylic acids is 1. The number of rotatable bonds is 7. The lowest BCUT2D eigenvalue weighted by molar-refractivity contribution is -0.119. The quantitative estimate of drug-likeness (QED) is 0.396. The first-order valence-corrected chi connectivity index (χ1v) is 10.6. The molecule has 35 heavy (non-hydrogen) atoms. The Labute approximate surface area is 199 Å². The van der Waals surface area contributed by atoms with Gasteiger partial charge in [0.15, 0.2) is 5.75 Å². The number of carbonyl (C=O) groups is 1. The molecule has 1 heterocycles. The lowest BCUT2D eigenvalue weighted by Crippen LogP contribution is -2.34. The molecule has 178 valence electrons. The SMILES string of the molecule is COc1cccc(-c2cc(Oc3ccccc3)c(=O)n(C(C)C(=O)Nc3cc(F)cc(F)c3)n2)c1. The molecule has 7 nitrogen and oxygen atoms in total. The molecule has 1 unspecified atom stereocenters. The van der Waals surface area contributed by atoms with Crippen LogP contribution in [0.1, 0.15) is 13.0 Å². The summed E-state index contributed by atoms with van der Waals surface area (Å²) in [5, 5.41) is 6.79. The maximum atomic E-state index is 13.5. The summed E-state index contributed by atoms with van der Waals surface area (Å²) in [6, 6.07) is 18.7. The van der Waals surface area contributed by atoms with Gasteiger partial charge < -0.3 is 14.8 Å². The molecule has 0 aliphatic rings. The first-order chi connectivity index (χ1) is 16.8. The molecule has 0 saturated carbocycles. The molecule has 4 aromatic rings. The smallest absolute Gasteiger partial charge is 0.310 e. The largest absolute Gasteiger partial charge is 0.497 e. The van der Waals surface area contributed by atoms with Gasteiger partial charge in [0.05, 0.1) is 12.8 Å². The molecule has 3 aromatic carbocycles. The fraction of sp³-hybridized carbons (Fsp3) is 0.115. The van der Waals surface area contributed by atoms with Crippen LogP contribution >= 0.6 is 0 Å². The average Bonchev–Trinajstić information content (AvgIpc) is 2.85. The minimum atomic E-state index is -1.14. The van der Waals surface area contributed by atoms with E-state index in [1.165, 1.54) is 20.1 Å². The van der Waals surface area contributed by atoms with Gasteiger partial charge in [0.1, 0.15) is 29.2 Å². The fourth-order valence-electron chi connectivity index (χ4n) is 3.35. The number of amides is 1. The molecule has 1 atom stereocenters. The lowest BCUT2D eigenvalue weighted by atomic mass is 10.1. The van der Waals surface area contributed by atoms with E-state index in [0.29, 0.717) is 28.8 Å². The third kappa shape index (κ3) is 5.52. The van der Waals surface area contributed by atoms with Gasteiger partial charge in [-0.05, 0) is 43.3 Å². The Morgan fingerprint density at radius 2 is 1.63 bits per heavy atom. The van der Waals surface area contributed by atoms with Crippen LogP contribution in [0, 0.1) is 11.6 Å². The zero-order valence-corrected chi connectivity index (χ0v) is 18.9. The monoisotopic (exact) mass is 477 g/mol. The Balaban J connectivity index is 1.75. The van der Waals surface area contributed by atoms with Gasteiger partial charge >= 0.3 is 5.56 Å². The predicted octanol–water partition coefficient (Wildman–Crippen LogP) is 5.19. The highest BCUT2D eigenvalue weighted by molar-refractivity contribution is 5.93. The van der Waals surface area contributed by atoms with E-state index >= 15 is 0 Å². The van der Waals surface area contributed by atoms with Crippen molar-refractivity contribution in [2.75, 3.05) is 12.4 Å². The number of nitrogens with one attached hydrogen (secondary N) is 1. The van der Waals surface area contributed by atoms with E-state index in [-0.39, 0.29) is 11.4 Å². The van der Waals surface area contributed by atoms with Gasteiger partial charge in [-0.3, -0.25) is 9.59 Å². The normalized spacial score (nSPS) is 11.5. The highest BCUT2D eigenvalue weighted by atomic mass is 19.1. The number of hydrogen-bond donors (Lipinski definition) is 1. The van der Waals surface area contributed by atoms with Crippen molar-refractivity contribution in [1.29, 1.82) is 0 Å². The number of ether oxygens (including phenoxy) is 2. The van der Waals surface area contributed by atoms with E-state index in [9.17, 15) is 18.4 Å². The highest BCUT2D eigenvalue weighted by Gasteiger charge is 2.22. The molecule has 0 radical (unpaired) electrons. The van der Waals surface area contributed by atoms with Gasteiger partial charge in [0.25, 0.3) is 0 Å². The maximum absolute atomic E-state index is 13.5. The summed E-state index contributed by atoms with van der Waals surface area (Å²) in [6.45, 7) is 1.45. The van der Waals surface area contributed by atoms with Crippen molar-refractivity contribution >= 4 is 11.6 Å². The topological polar surface area (TPSA) is 82.5 Å². The summed E-state index contributed by atoms with van der Waals surface area (Å²) < 4.78 is 39.1. The maximum Gasteiger partial charge on any atom is 0.310 e. The second kappa shape index (κ2) is 10.2. The first-order valence-electron chi connectivity index (χ1n) is 10.6. The van der Waals surface area contributed by atoms with E-state index in [1.807, 2.05) is 0 Å². The zero-order chi connectivity index (χ0) is 24.9. The van der Waals surface area contributed by atoms with Crippen molar-refractivity contribution in [3.63, 3.8) is 0 Å². The Hall–Kier alpha value is -4.53. The molecule has 0 saturated heterocycles. The van der Waals surface area contributed by atoms with E-state index < -0.39 is 29.1 Å². The van der Waals surface area contributed by atoms with Crippen molar-refractivity contribution in [3.05, 3.63) is 101 Å². The Morgan fingerprint density at radius 1 is 0.943 bits per heavy atom. The number of para-hydroxylation sites is 1. The summed E-state index contributed by atoms with van der Waals surface area (Å²) in [7, 11) is 1.53. The number of benzene rings is 3. The molecule has 0 fully saturated rings. The fourth-order valence-corrected chi connectivity index (χ4v) is 3.35. The number of nitrogens with zero attached hydrogens (tertiary/aromatic N) is 2. The molecular formula is C26H21F2N3O4. The minimum absolute atomic E-state index is 0.0551. The van der Waals surface area contributed by atoms with Crippen molar-refractivity contribution in [3.8, 4) is 28.5 Å². The molecule has 4 rings (SSSR count). The zero-order valence-electron chi connectivity index (χ0n) is 18.9. The molecule has 1 N–H and O–H groups in total. The molecular weight excluding hydrogens is 456 g/mol.